The number of carbonyl (C=O) groups excluding carboxylic acids is 3. The largest absolute Gasteiger partial charge is 0.489 e. The first-order valence-electron chi connectivity index (χ1n) is 10.0. The number of benzene rings is 2. The van der Waals surface area contributed by atoms with E-state index in [0.717, 1.165) is 12.0 Å². The highest BCUT2D eigenvalue weighted by Gasteiger charge is 2.59. The number of anilines is 1. The molecule has 5 rings (SSSR count). The van der Waals surface area contributed by atoms with E-state index in [9.17, 15) is 14.4 Å². The minimum atomic E-state index is -0.378. The topological polar surface area (TPSA) is 72.9 Å². The summed E-state index contributed by atoms with van der Waals surface area (Å²) in [6.07, 6.45) is 5.11. The smallest absolute Gasteiger partial charge is 0.337 e. The van der Waals surface area contributed by atoms with Gasteiger partial charge in [0.2, 0.25) is 11.8 Å². The predicted molar refractivity (Wildman–Crippen MR) is 109 cm³/mol. The van der Waals surface area contributed by atoms with Crippen LogP contribution in [0.5, 0.6) is 5.75 Å². The molecule has 4 atom stereocenters. The summed E-state index contributed by atoms with van der Waals surface area (Å²) >= 11 is 0. The molecule has 2 aromatic rings. The Bertz CT molecular complexity index is 1010. The lowest BCUT2D eigenvalue weighted by Gasteiger charge is -2.17. The second-order valence-electron chi connectivity index (χ2n) is 7.98. The van der Waals surface area contributed by atoms with E-state index in [1.54, 1.807) is 36.4 Å². The zero-order chi connectivity index (χ0) is 20.8. The van der Waals surface area contributed by atoms with Gasteiger partial charge < -0.3 is 9.47 Å². The van der Waals surface area contributed by atoms with Crippen molar-refractivity contribution in [2.45, 2.75) is 13.0 Å². The highest BCUT2D eigenvalue weighted by Crippen LogP contribution is 2.53. The Hall–Kier alpha value is -3.41. The number of allylic oxidation sites excluding steroid dienone is 2. The zero-order valence-electron chi connectivity index (χ0n) is 16.5. The number of carbonyl (C=O) groups is 3. The number of methoxy groups -OCH3 is 1. The zero-order valence-corrected chi connectivity index (χ0v) is 16.5. The molecule has 6 nitrogen and oxygen atoms in total. The fourth-order valence-corrected chi connectivity index (χ4v) is 4.87. The van der Waals surface area contributed by atoms with E-state index in [2.05, 4.69) is 16.9 Å². The molecule has 152 valence electrons. The molecule has 2 amide bonds. The van der Waals surface area contributed by atoms with Gasteiger partial charge in [-0.2, -0.15) is 0 Å². The number of rotatable bonds is 5. The van der Waals surface area contributed by atoms with Crippen LogP contribution in [0.1, 0.15) is 22.3 Å². The number of ether oxygens (including phenoxy) is 2. The molecule has 0 spiro atoms. The second kappa shape index (κ2) is 7.13. The number of fused-ring (bicyclic) bond motifs is 5. The van der Waals surface area contributed by atoms with Gasteiger partial charge >= 0.3 is 5.97 Å². The Morgan fingerprint density at radius 3 is 2.10 bits per heavy atom. The second-order valence-corrected chi connectivity index (χ2v) is 7.98. The standard InChI is InChI=1S/C24H21NO5/c1-29-24(28)15-4-2-14(3-5-15)13-30-19-10-8-18(9-11-19)25-22(26)20-16-6-7-17(12-16)21(20)23(25)27/h2-11,16-17,20-21H,12-13H2,1H3/t16-,17+,20-,21-/m0/s1. The van der Waals surface area contributed by atoms with E-state index in [1.165, 1.54) is 12.0 Å². The third kappa shape index (κ3) is 2.91. The van der Waals surface area contributed by atoms with Crippen molar-refractivity contribution >= 4 is 23.5 Å². The van der Waals surface area contributed by atoms with Crippen LogP contribution < -0.4 is 9.64 Å². The van der Waals surface area contributed by atoms with Gasteiger partial charge in [-0.15, -0.1) is 0 Å². The Balaban J connectivity index is 1.25. The minimum Gasteiger partial charge on any atom is -0.489 e. The fraction of sp³-hybridized carbons (Fsp3) is 0.292. The molecule has 3 aliphatic rings. The first-order valence-corrected chi connectivity index (χ1v) is 10.0. The van der Waals surface area contributed by atoms with Crippen molar-refractivity contribution in [3.05, 3.63) is 71.8 Å². The van der Waals surface area contributed by atoms with E-state index in [4.69, 9.17) is 4.74 Å². The Morgan fingerprint density at radius 2 is 1.53 bits per heavy atom. The number of hydrogen-bond acceptors (Lipinski definition) is 5. The van der Waals surface area contributed by atoms with Gasteiger partial charge in [0, 0.05) is 0 Å². The van der Waals surface area contributed by atoms with Crippen LogP contribution in [0.2, 0.25) is 0 Å². The molecule has 0 radical (unpaired) electrons. The molecule has 2 aliphatic carbocycles. The SMILES string of the molecule is COC(=O)c1ccc(COc2ccc(N3C(=O)[C@@H]4[C@@H](C3=O)[C@H]3C=C[C@@H]4C3)cc2)cc1. The lowest BCUT2D eigenvalue weighted by molar-refractivity contribution is -0.123. The molecule has 0 unspecified atom stereocenters. The number of imide groups is 1. The molecular weight excluding hydrogens is 382 g/mol. The van der Waals surface area contributed by atoms with Crippen molar-refractivity contribution in [2.75, 3.05) is 12.0 Å². The Kier molecular flexibility index (Phi) is 4.42. The van der Waals surface area contributed by atoms with Gasteiger partial charge in [-0.25, -0.2) is 4.79 Å². The molecule has 2 fully saturated rings. The molecule has 0 N–H and O–H groups in total. The third-order valence-corrected chi connectivity index (χ3v) is 6.35. The summed E-state index contributed by atoms with van der Waals surface area (Å²) in [5.74, 6) is 0.105. The fourth-order valence-electron chi connectivity index (χ4n) is 4.87. The molecule has 1 saturated heterocycles. The van der Waals surface area contributed by atoms with Crippen molar-refractivity contribution < 1.29 is 23.9 Å². The van der Waals surface area contributed by atoms with E-state index in [1.807, 2.05) is 12.1 Å². The average Bonchev–Trinajstić information content (AvgIpc) is 3.46. The Labute approximate surface area is 174 Å². The molecule has 0 aromatic heterocycles. The van der Waals surface area contributed by atoms with Crippen molar-refractivity contribution in [2.24, 2.45) is 23.7 Å². The van der Waals surface area contributed by atoms with Crippen LogP contribution in [0.3, 0.4) is 0 Å². The first kappa shape index (κ1) is 18.6. The van der Waals surface area contributed by atoms with Crippen LogP contribution in [0, 0.1) is 23.7 Å². The van der Waals surface area contributed by atoms with Crippen LogP contribution >= 0.6 is 0 Å². The minimum absolute atomic E-state index is 0.0822. The molecule has 30 heavy (non-hydrogen) atoms. The molecule has 1 saturated carbocycles. The van der Waals surface area contributed by atoms with Gasteiger partial charge in [0.05, 0.1) is 30.2 Å². The summed E-state index contributed by atoms with van der Waals surface area (Å²) < 4.78 is 10.5. The van der Waals surface area contributed by atoms with Gasteiger partial charge in [0.1, 0.15) is 12.4 Å². The molecule has 2 bridgehead atoms. The lowest BCUT2D eigenvalue weighted by Crippen LogP contribution is -2.32. The summed E-state index contributed by atoms with van der Waals surface area (Å²) in [4.78, 5) is 38.6. The molecule has 6 heteroatoms. The van der Waals surface area contributed by atoms with Crippen LogP contribution in [0.15, 0.2) is 60.7 Å². The summed E-state index contributed by atoms with van der Waals surface area (Å²) in [6.45, 7) is 0.335. The maximum absolute atomic E-state index is 12.9. The number of hydrogen-bond donors (Lipinski definition) is 0. The van der Waals surface area contributed by atoms with Gasteiger partial charge in [0.15, 0.2) is 0 Å². The average molecular weight is 403 g/mol. The van der Waals surface area contributed by atoms with Crippen LogP contribution in [0.25, 0.3) is 0 Å². The van der Waals surface area contributed by atoms with Crippen LogP contribution in [-0.2, 0) is 20.9 Å². The molecule has 2 aromatic carbocycles. The quantitative estimate of drug-likeness (QED) is 0.435. The molecule has 1 aliphatic heterocycles. The monoisotopic (exact) mass is 403 g/mol. The highest BCUT2D eigenvalue weighted by molar-refractivity contribution is 6.22. The predicted octanol–water partition coefficient (Wildman–Crippen LogP) is 3.36. The van der Waals surface area contributed by atoms with Crippen molar-refractivity contribution in [3.8, 4) is 5.75 Å². The van der Waals surface area contributed by atoms with E-state index < -0.39 is 0 Å². The summed E-state index contributed by atoms with van der Waals surface area (Å²) in [6, 6.07) is 14.0. The number of esters is 1. The maximum atomic E-state index is 12.9. The van der Waals surface area contributed by atoms with Gasteiger partial charge in [-0.05, 0) is 60.2 Å². The van der Waals surface area contributed by atoms with Crippen LogP contribution in [-0.4, -0.2) is 24.9 Å². The van der Waals surface area contributed by atoms with Gasteiger partial charge in [-0.1, -0.05) is 24.3 Å². The Morgan fingerprint density at radius 1 is 0.933 bits per heavy atom. The number of nitrogens with zero attached hydrogens (tertiary/aromatic N) is 1. The third-order valence-electron chi connectivity index (χ3n) is 6.35. The van der Waals surface area contributed by atoms with Crippen molar-refractivity contribution in [3.63, 3.8) is 0 Å². The van der Waals surface area contributed by atoms with Gasteiger partial charge in [0.25, 0.3) is 0 Å². The van der Waals surface area contributed by atoms with Crippen LogP contribution in [0.4, 0.5) is 5.69 Å². The van der Waals surface area contributed by atoms with Crippen molar-refractivity contribution in [1.29, 1.82) is 0 Å². The summed E-state index contributed by atoms with van der Waals surface area (Å²) in [5.41, 5.74) is 1.99. The lowest BCUT2D eigenvalue weighted by atomic mass is 9.85. The number of amides is 2. The van der Waals surface area contributed by atoms with Gasteiger partial charge in [-0.3, -0.25) is 14.5 Å². The maximum Gasteiger partial charge on any atom is 0.337 e. The van der Waals surface area contributed by atoms with E-state index in [-0.39, 0.29) is 41.5 Å². The normalized spacial score (nSPS) is 26.2. The van der Waals surface area contributed by atoms with E-state index >= 15 is 0 Å². The molecule has 1 heterocycles. The van der Waals surface area contributed by atoms with Crippen molar-refractivity contribution in [1.82, 2.24) is 0 Å². The highest BCUT2D eigenvalue weighted by atomic mass is 16.5. The summed E-state index contributed by atoms with van der Waals surface area (Å²) in [5, 5.41) is 0. The first-order chi connectivity index (χ1) is 14.6. The summed E-state index contributed by atoms with van der Waals surface area (Å²) in [7, 11) is 1.35. The molecular formula is C24H21NO5. The van der Waals surface area contributed by atoms with E-state index in [0.29, 0.717) is 23.6 Å².